The lowest BCUT2D eigenvalue weighted by Crippen LogP contribution is -2.45. The van der Waals surface area contributed by atoms with Gasteiger partial charge in [-0.1, -0.05) is 19.8 Å². The summed E-state index contributed by atoms with van der Waals surface area (Å²) in [6, 6.07) is 0. The number of esters is 1. The van der Waals surface area contributed by atoms with Crippen LogP contribution in [0.5, 0.6) is 0 Å². The molecule has 2 N–H and O–H groups in total. The highest BCUT2D eigenvalue weighted by Gasteiger charge is 2.33. The monoisotopic (exact) mass is 213 g/mol. The number of rotatable bonds is 4. The highest BCUT2D eigenvalue weighted by Crippen LogP contribution is 2.34. The summed E-state index contributed by atoms with van der Waals surface area (Å²) in [6.45, 7) is 2.22. The average molecular weight is 213 g/mol. The van der Waals surface area contributed by atoms with Crippen molar-refractivity contribution in [3.8, 4) is 0 Å². The van der Waals surface area contributed by atoms with Crippen molar-refractivity contribution in [3.05, 3.63) is 0 Å². The molecule has 0 aromatic heterocycles. The molecule has 1 rings (SSSR count). The van der Waals surface area contributed by atoms with Crippen LogP contribution in [0.15, 0.2) is 0 Å². The van der Waals surface area contributed by atoms with E-state index in [1.54, 1.807) is 0 Å². The zero-order chi connectivity index (χ0) is 11.3. The molecule has 1 fully saturated rings. The number of methoxy groups -OCH3 is 1. The van der Waals surface area contributed by atoms with Gasteiger partial charge < -0.3 is 10.5 Å². The Hall–Kier alpha value is -0.570. The van der Waals surface area contributed by atoms with Gasteiger partial charge >= 0.3 is 5.97 Å². The number of hydrogen-bond donors (Lipinski definition) is 1. The summed E-state index contributed by atoms with van der Waals surface area (Å²) < 4.78 is 4.67. The molecule has 0 saturated heterocycles. The number of hydrogen-bond acceptors (Lipinski definition) is 3. The normalized spacial score (nSPS) is 31.3. The third kappa shape index (κ3) is 3.82. The second-order valence-electron chi connectivity index (χ2n) is 4.85. The van der Waals surface area contributed by atoms with Gasteiger partial charge in [0.15, 0.2) is 0 Å². The Morgan fingerprint density at radius 2 is 2.07 bits per heavy atom. The van der Waals surface area contributed by atoms with Gasteiger partial charge in [-0.25, -0.2) is 0 Å². The van der Waals surface area contributed by atoms with Crippen molar-refractivity contribution in [1.29, 1.82) is 0 Å². The molecule has 0 unspecified atom stereocenters. The van der Waals surface area contributed by atoms with Crippen LogP contribution in [0.3, 0.4) is 0 Å². The average Bonchev–Trinajstić information content (AvgIpc) is 2.22. The van der Waals surface area contributed by atoms with Gasteiger partial charge in [-0.2, -0.15) is 0 Å². The van der Waals surface area contributed by atoms with Crippen molar-refractivity contribution >= 4 is 5.97 Å². The Bertz CT molecular complexity index is 208. The molecule has 0 aliphatic heterocycles. The zero-order valence-electron chi connectivity index (χ0n) is 9.92. The minimum Gasteiger partial charge on any atom is -0.469 e. The molecule has 0 spiro atoms. The van der Waals surface area contributed by atoms with Gasteiger partial charge in [0.1, 0.15) is 0 Å². The number of ether oxygens (including phenoxy) is 1. The molecule has 88 valence electrons. The molecule has 0 bridgehead atoms. The van der Waals surface area contributed by atoms with E-state index in [-0.39, 0.29) is 11.5 Å². The van der Waals surface area contributed by atoms with Crippen LogP contribution in [0, 0.1) is 5.92 Å². The fourth-order valence-electron chi connectivity index (χ4n) is 2.49. The van der Waals surface area contributed by atoms with Gasteiger partial charge in [-0.15, -0.1) is 0 Å². The van der Waals surface area contributed by atoms with Crippen LogP contribution in [-0.4, -0.2) is 18.6 Å². The van der Waals surface area contributed by atoms with E-state index in [9.17, 15) is 4.79 Å². The number of nitrogens with two attached hydrogens (primary N) is 1. The third-order valence-electron chi connectivity index (χ3n) is 3.52. The van der Waals surface area contributed by atoms with Crippen LogP contribution in [0.1, 0.15) is 51.9 Å². The molecule has 3 nitrogen and oxygen atoms in total. The van der Waals surface area contributed by atoms with Crippen LogP contribution in [0.25, 0.3) is 0 Å². The van der Waals surface area contributed by atoms with E-state index in [0.29, 0.717) is 6.42 Å². The molecule has 15 heavy (non-hydrogen) atoms. The molecule has 0 atom stereocenters. The summed E-state index contributed by atoms with van der Waals surface area (Å²) >= 11 is 0. The summed E-state index contributed by atoms with van der Waals surface area (Å²) in [6.07, 6.45) is 7.19. The molecule has 1 saturated carbocycles. The van der Waals surface area contributed by atoms with Crippen molar-refractivity contribution in [1.82, 2.24) is 0 Å². The van der Waals surface area contributed by atoms with Gasteiger partial charge in [0.05, 0.1) is 13.5 Å². The fourth-order valence-corrected chi connectivity index (χ4v) is 2.49. The van der Waals surface area contributed by atoms with E-state index in [0.717, 1.165) is 18.8 Å². The molecule has 0 aromatic rings. The predicted molar refractivity (Wildman–Crippen MR) is 60.4 cm³/mol. The standard InChI is InChI=1S/C12H23NO2/c1-3-4-10-5-7-12(13,8-6-10)9-11(14)15-2/h10H,3-9,13H2,1-2H3. The second kappa shape index (κ2) is 5.50. The molecule has 0 heterocycles. The molecule has 1 aliphatic carbocycles. The first kappa shape index (κ1) is 12.5. The Morgan fingerprint density at radius 1 is 1.47 bits per heavy atom. The van der Waals surface area contributed by atoms with E-state index in [1.165, 1.54) is 32.8 Å². The topological polar surface area (TPSA) is 52.3 Å². The first-order valence-electron chi connectivity index (χ1n) is 5.95. The Labute approximate surface area is 92.4 Å². The Morgan fingerprint density at radius 3 is 2.53 bits per heavy atom. The number of carbonyl (C=O) groups excluding carboxylic acids is 1. The quantitative estimate of drug-likeness (QED) is 0.729. The van der Waals surface area contributed by atoms with Crippen molar-refractivity contribution in [3.63, 3.8) is 0 Å². The maximum absolute atomic E-state index is 11.2. The van der Waals surface area contributed by atoms with Gasteiger partial charge in [0.25, 0.3) is 0 Å². The number of carbonyl (C=O) groups is 1. The fraction of sp³-hybridized carbons (Fsp3) is 0.917. The predicted octanol–water partition coefficient (Wildman–Crippen LogP) is 2.24. The largest absolute Gasteiger partial charge is 0.469 e. The van der Waals surface area contributed by atoms with E-state index in [4.69, 9.17) is 5.73 Å². The van der Waals surface area contributed by atoms with E-state index < -0.39 is 0 Å². The Kier molecular flexibility index (Phi) is 4.58. The molecule has 0 radical (unpaired) electrons. The molecular weight excluding hydrogens is 190 g/mol. The van der Waals surface area contributed by atoms with Crippen LogP contribution >= 0.6 is 0 Å². The highest BCUT2D eigenvalue weighted by molar-refractivity contribution is 5.70. The summed E-state index contributed by atoms with van der Waals surface area (Å²) in [5.74, 6) is 0.649. The first-order valence-corrected chi connectivity index (χ1v) is 5.95. The van der Waals surface area contributed by atoms with Crippen molar-refractivity contribution in [2.75, 3.05) is 7.11 Å². The maximum atomic E-state index is 11.2. The van der Waals surface area contributed by atoms with E-state index in [1.807, 2.05) is 0 Å². The van der Waals surface area contributed by atoms with E-state index in [2.05, 4.69) is 11.7 Å². The summed E-state index contributed by atoms with van der Waals surface area (Å²) in [7, 11) is 1.43. The van der Waals surface area contributed by atoms with E-state index >= 15 is 0 Å². The third-order valence-corrected chi connectivity index (χ3v) is 3.52. The summed E-state index contributed by atoms with van der Waals surface area (Å²) in [5, 5.41) is 0. The van der Waals surface area contributed by atoms with Crippen LogP contribution in [0.2, 0.25) is 0 Å². The first-order chi connectivity index (χ1) is 7.09. The van der Waals surface area contributed by atoms with Crippen molar-refractivity contribution in [2.24, 2.45) is 11.7 Å². The highest BCUT2D eigenvalue weighted by atomic mass is 16.5. The van der Waals surface area contributed by atoms with Gasteiger partial charge in [-0.05, 0) is 31.6 Å². The SMILES string of the molecule is CCCC1CCC(N)(CC(=O)OC)CC1. The lowest BCUT2D eigenvalue weighted by Gasteiger charge is -2.36. The summed E-state index contributed by atoms with van der Waals surface area (Å²) in [4.78, 5) is 11.2. The molecule has 1 aliphatic rings. The van der Waals surface area contributed by atoms with Crippen molar-refractivity contribution < 1.29 is 9.53 Å². The minimum absolute atomic E-state index is 0.175. The molecule has 0 aromatic carbocycles. The lowest BCUT2D eigenvalue weighted by molar-refractivity contribution is -0.142. The molecule has 3 heteroatoms. The van der Waals surface area contributed by atoms with Gasteiger partial charge in [0.2, 0.25) is 0 Å². The van der Waals surface area contributed by atoms with Gasteiger partial charge in [0, 0.05) is 5.54 Å². The summed E-state index contributed by atoms with van der Waals surface area (Å²) in [5.41, 5.74) is 5.90. The molecule has 0 amide bonds. The van der Waals surface area contributed by atoms with Crippen LogP contribution in [0.4, 0.5) is 0 Å². The zero-order valence-corrected chi connectivity index (χ0v) is 9.92. The smallest absolute Gasteiger partial charge is 0.307 e. The van der Waals surface area contributed by atoms with Crippen LogP contribution < -0.4 is 5.73 Å². The Balaban J connectivity index is 2.37. The minimum atomic E-state index is -0.294. The molecular formula is C12H23NO2. The lowest BCUT2D eigenvalue weighted by atomic mass is 9.74. The van der Waals surface area contributed by atoms with Crippen molar-refractivity contribution in [2.45, 2.75) is 57.4 Å². The van der Waals surface area contributed by atoms with Gasteiger partial charge in [-0.3, -0.25) is 4.79 Å². The van der Waals surface area contributed by atoms with Crippen LogP contribution in [-0.2, 0) is 9.53 Å². The maximum Gasteiger partial charge on any atom is 0.307 e. The second-order valence-corrected chi connectivity index (χ2v) is 4.85.